The zero-order valence-electron chi connectivity index (χ0n) is 7.86. The topological polar surface area (TPSA) is 63.3 Å². The average molecular weight is 191 g/mol. The minimum atomic E-state index is -0.937. The maximum atomic E-state index is 10.5. The molecule has 3 heteroatoms. The summed E-state index contributed by atoms with van der Waals surface area (Å²) in [6, 6.07) is 5.33. The number of hydrogen-bond acceptors (Lipinski definition) is 2. The number of benzene rings is 1. The molecule has 0 aromatic heterocycles. The molecule has 74 valence electrons. The number of aliphatic carboxylic acids is 1. The van der Waals surface area contributed by atoms with Gasteiger partial charge in [-0.05, 0) is 36.0 Å². The highest BCUT2D eigenvalue weighted by atomic mass is 16.4. The molecule has 2 rings (SSSR count). The molecule has 0 saturated carbocycles. The Labute approximate surface area is 82.5 Å². The van der Waals surface area contributed by atoms with E-state index in [0.29, 0.717) is 6.42 Å². The molecule has 1 aliphatic rings. The predicted molar refractivity (Wildman–Crippen MR) is 53.2 cm³/mol. The van der Waals surface area contributed by atoms with Gasteiger partial charge in [0.05, 0.1) is 0 Å². The summed E-state index contributed by atoms with van der Waals surface area (Å²) >= 11 is 0. The fourth-order valence-corrected chi connectivity index (χ4v) is 1.72. The van der Waals surface area contributed by atoms with Crippen LogP contribution in [0.25, 0.3) is 0 Å². The molecule has 0 bridgehead atoms. The van der Waals surface area contributed by atoms with Crippen molar-refractivity contribution in [3.8, 4) is 0 Å². The van der Waals surface area contributed by atoms with Gasteiger partial charge in [-0.2, -0.15) is 0 Å². The van der Waals surface area contributed by atoms with Gasteiger partial charge in [-0.15, -0.1) is 0 Å². The minimum Gasteiger partial charge on any atom is -0.480 e. The van der Waals surface area contributed by atoms with Crippen LogP contribution in [0.2, 0.25) is 0 Å². The lowest BCUT2D eigenvalue weighted by atomic mass is 9.86. The summed E-state index contributed by atoms with van der Waals surface area (Å²) in [7, 11) is 0. The average Bonchev–Trinajstić information content (AvgIpc) is 2.09. The first-order valence-corrected chi connectivity index (χ1v) is 4.76. The molecule has 0 heterocycles. The standard InChI is InChI=1S/C11H13NO2/c12-10(11(13)14)6-7-1-2-8-3-4-9(8)5-7/h1-2,5,10H,3-4,6,12H2,(H,13,14)/t10-/m0/s1. The fraction of sp³-hybridized carbons (Fsp3) is 0.364. The first-order chi connectivity index (χ1) is 6.66. The first-order valence-electron chi connectivity index (χ1n) is 4.76. The van der Waals surface area contributed by atoms with Crippen LogP contribution in [-0.4, -0.2) is 17.1 Å². The lowest BCUT2D eigenvalue weighted by Gasteiger charge is -2.19. The summed E-state index contributed by atoms with van der Waals surface area (Å²) in [5.74, 6) is -0.937. The first kappa shape index (κ1) is 9.21. The van der Waals surface area contributed by atoms with Crippen LogP contribution in [-0.2, 0) is 24.1 Å². The van der Waals surface area contributed by atoms with Gasteiger partial charge in [-0.1, -0.05) is 18.2 Å². The zero-order chi connectivity index (χ0) is 10.1. The van der Waals surface area contributed by atoms with E-state index in [1.807, 2.05) is 6.07 Å². The van der Waals surface area contributed by atoms with E-state index in [1.54, 1.807) is 0 Å². The van der Waals surface area contributed by atoms with Crippen molar-refractivity contribution in [3.05, 3.63) is 34.9 Å². The van der Waals surface area contributed by atoms with Crippen LogP contribution in [0.3, 0.4) is 0 Å². The summed E-state index contributed by atoms with van der Waals surface area (Å²) in [6.45, 7) is 0. The Morgan fingerprint density at radius 3 is 2.64 bits per heavy atom. The minimum absolute atomic E-state index is 0.419. The SMILES string of the molecule is N[C@@H](Cc1ccc2c(c1)CC2)C(=O)O. The van der Waals surface area contributed by atoms with E-state index in [1.165, 1.54) is 11.1 Å². The van der Waals surface area contributed by atoms with Crippen LogP contribution in [0.5, 0.6) is 0 Å². The van der Waals surface area contributed by atoms with Crippen molar-refractivity contribution in [1.82, 2.24) is 0 Å². The number of fused-ring (bicyclic) bond motifs is 1. The van der Waals surface area contributed by atoms with Crippen molar-refractivity contribution >= 4 is 5.97 Å². The second-order valence-corrected chi connectivity index (χ2v) is 3.75. The summed E-state index contributed by atoms with van der Waals surface area (Å²) in [5.41, 5.74) is 9.22. The fourth-order valence-electron chi connectivity index (χ4n) is 1.72. The van der Waals surface area contributed by atoms with Gasteiger partial charge in [0.2, 0.25) is 0 Å². The van der Waals surface area contributed by atoms with Crippen LogP contribution in [0.15, 0.2) is 18.2 Å². The molecule has 0 radical (unpaired) electrons. The van der Waals surface area contributed by atoms with Crippen LogP contribution in [0.1, 0.15) is 16.7 Å². The van der Waals surface area contributed by atoms with Crippen molar-refractivity contribution in [3.63, 3.8) is 0 Å². The van der Waals surface area contributed by atoms with E-state index in [2.05, 4.69) is 12.1 Å². The Kier molecular flexibility index (Phi) is 2.25. The molecule has 0 spiro atoms. The molecular formula is C11H13NO2. The van der Waals surface area contributed by atoms with Crippen LogP contribution >= 0.6 is 0 Å². The molecular weight excluding hydrogens is 178 g/mol. The molecule has 0 fully saturated rings. The number of carbonyl (C=O) groups is 1. The third-order valence-corrected chi connectivity index (χ3v) is 2.71. The summed E-state index contributed by atoms with van der Waals surface area (Å²) in [6.07, 6.45) is 2.69. The molecule has 0 unspecified atom stereocenters. The molecule has 1 aromatic carbocycles. The van der Waals surface area contributed by atoms with E-state index in [-0.39, 0.29) is 0 Å². The van der Waals surface area contributed by atoms with Crippen LogP contribution in [0.4, 0.5) is 0 Å². The van der Waals surface area contributed by atoms with Gasteiger partial charge < -0.3 is 10.8 Å². The van der Waals surface area contributed by atoms with Crippen molar-refractivity contribution in [2.24, 2.45) is 5.73 Å². The van der Waals surface area contributed by atoms with Crippen molar-refractivity contribution < 1.29 is 9.90 Å². The van der Waals surface area contributed by atoms with Gasteiger partial charge in [0.25, 0.3) is 0 Å². The zero-order valence-corrected chi connectivity index (χ0v) is 7.86. The third kappa shape index (κ3) is 1.63. The van der Waals surface area contributed by atoms with Crippen LogP contribution < -0.4 is 5.73 Å². The van der Waals surface area contributed by atoms with Gasteiger partial charge in [0, 0.05) is 0 Å². The Hall–Kier alpha value is -1.35. The second-order valence-electron chi connectivity index (χ2n) is 3.75. The lowest BCUT2D eigenvalue weighted by molar-refractivity contribution is -0.138. The number of nitrogens with two attached hydrogens (primary N) is 1. The molecule has 3 nitrogen and oxygen atoms in total. The highest BCUT2D eigenvalue weighted by Gasteiger charge is 2.16. The molecule has 1 aromatic rings. The Morgan fingerprint density at radius 2 is 2.14 bits per heavy atom. The predicted octanol–water partition coefficient (Wildman–Crippen LogP) is 0.740. The lowest BCUT2D eigenvalue weighted by Crippen LogP contribution is -2.32. The third-order valence-electron chi connectivity index (χ3n) is 2.71. The van der Waals surface area contributed by atoms with Gasteiger partial charge >= 0.3 is 5.97 Å². The Balaban J connectivity index is 2.10. The quantitative estimate of drug-likeness (QED) is 0.740. The van der Waals surface area contributed by atoms with Crippen LogP contribution in [0, 0.1) is 0 Å². The largest absolute Gasteiger partial charge is 0.480 e. The summed E-state index contributed by atoms with van der Waals surface area (Å²) < 4.78 is 0. The normalized spacial score (nSPS) is 15.5. The number of carboxylic acid groups (broad SMARTS) is 1. The van der Waals surface area contributed by atoms with Crippen molar-refractivity contribution in [2.75, 3.05) is 0 Å². The molecule has 1 atom stereocenters. The molecule has 1 aliphatic carbocycles. The number of rotatable bonds is 3. The van der Waals surface area contributed by atoms with E-state index >= 15 is 0 Å². The van der Waals surface area contributed by atoms with Crippen molar-refractivity contribution in [1.29, 1.82) is 0 Å². The molecule has 0 amide bonds. The van der Waals surface area contributed by atoms with Crippen molar-refractivity contribution in [2.45, 2.75) is 25.3 Å². The second kappa shape index (κ2) is 3.42. The molecule has 14 heavy (non-hydrogen) atoms. The smallest absolute Gasteiger partial charge is 0.320 e. The van der Waals surface area contributed by atoms with Gasteiger partial charge in [-0.3, -0.25) is 4.79 Å². The maximum absolute atomic E-state index is 10.5. The van der Waals surface area contributed by atoms with Gasteiger partial charge in [0.1, 0.15) is 6.04 Å². The highest BCUT2D eigenvalue weighted by Crippen LogP contribution is 2.23. The molecule has 0 aliphatic heterocycles. The highest BCUT2D eigenvalue weighted by molar-refractivity contribution is 5.73. The van der Waals surface area contributed by atoms with E-state index in [9.17, 15) is 4.79 Å². The Morgan fingerprint density at radius 1 is 1.43 bits per heavy atom. The summed E-state index contributed by atoms with van der Waals surface area (Å²) in [5, 5.41) is 8.66. The summed E-state index contributed by atoms with van der Waals surface area (Å²) in [4.78, 5) is 10.5. The maximum Gasteiger partial charge on any atom is 0.320 e. The van der Waals surface area contributed by atoms with Gasteiger partial charge in [-0.25, -0.2) is 0 Å². The number of hydrogen-bond donors (Lipinski definition) is 2. The molecule has 3 N–H and O–H groups in total. The Bertz CT molecular complexity index is 374. The van der Waals surface area contributed by atoms with E-state index < -0.39 is 12.0 Å². The molecule has 0 saturated heterocycles. The monoisotopic (exact) mass is 191 g/mol. The van der Waals surface area contributed by atoms with Gasteiger partial charge in [0.15, 0.2) is 0 Å². The van der Waals surface area contributed by atoms with E-state index in [4.69, 9.17) is 10.8 Å². The van der Waals surface area contributed by atoms with E-state index in [0.717, 1.165) is 18.4 Å². The number of carboxylic acids is 1. The number of aryl methyl sites for hydroxylation is 2.